The topological polar surface area (TPSA) is 41.1 Å². The Morgan fingerprint density at radius 3 is 2.50 bits per heavy atom. The lowest BCUT2D eigenvalue weighted by atomic mass is 10.0. The maximum atomic E-state index is 11.8. The molecule has 3 nitrogen and oxygen atoms in total. The van der Waals surface area contributed by atoms with E-state index in [4.69, 9.17) is 0 Å². The van der Waals surface area contributed by atoms with Crippen molar-refractivity contribution in [3.05, 3.63) is 0 Å². The van der Waals surface area contributed by atoms with E-state index in [1.54, 1.807) is 0 Å². The van der Waals surface area contributed by atoms with Crippen LogP contribution in [0.25, 0.3) is 0 Å². The second-order valence-electron chi connectivity index (χ2n) is 4.64. The van der Waals surface area contributed by atoms with Gasteiger partial charge in [-0.3, -0.25) is 4.79 Å². The van der Waals surface area contributed by atoms with Crippen LogP contribution in [-0.2, 0) is 4.79 Å². The fourth-order valence-electron chi connectivity index (χ4n) is 1.75. The van der Waals surface area contributed by atoms with E-state index in [-0.39, 0.29) is 5.91 Å². The molecule has 0 aliphatic heterocycles. The van der Waals surface area contributed by atoms with E-state index in [1.165, 1.54) is 6.42 Å². The lowest BCUT2D eigenvalue weighted by Gasteiger charge is -2.24. The molecular formula is C11H22N2O. The highest BCUT2D eigenvalue weighted by Crippen LogP contribution is 2.33. The third kappa shape index (κ3) is 2.71. The Bertz CT molecular complexity index is 213. The molecule has 0 bridgehead atoms. The van der Waals surface area contributed by atoms with E-state index < -0.39 is 5.54 Å². The molecule has 1 saturated carbocycles. The minimum atomic E-state index is -0.435. The van der Waals surface area contributed by atoms with Crippen molar-refractivity contribution in [1.82, 2.24) is 10.6 Å². The highest BCUT2D eigenvalue weighted by Gasteiger charge is 2.39. The second-order valence-corrected chi connectivity index (χ2v) is 4.64. The predicted molar refractivity (Wildman–Crippen MR) is 58.1 cm³/mol. The standard InChI is InChI=1S/C11H22N2O/c1-5-8-7-9(8)13-10(14)11(3,4)12-6-2/h8-9,12H,5-7H2,1-4H3,(H,13,14). The number of likely N-dealkylation sites (N-methyl/N-ethyl adjacent to an activating group) is 1. The van der Waals surface area contributed by atoms with Gasteiger partial charge in [0, 0.05) is 6.04 Å². The van der Waals surface area contributed by atoms with Crippen molar-refractivity contribution in [1.29, 1.82) is 0 Å². The van der Waals surface area contributed by atoms with E-state index >= 15 is 0 Å². The first kappa shape index (κ1) is 11.5. The normalized spacial score (nSPS) is 26.0. The summed E-state index contributed by atoms with van der Waals surface area (Å²) in [5.41, 5.74) is -0.435. The molecule has 2 unspecified atom stereocenters. The Morgan fingerprint density at radius 1 is 1.43 bits per heavy atom. The van der Waals surface area contributed by atoms with Crippen LogP contribution >= 0.6 is 0 Å². The number of nitrogens with one attached hydrogen (secondary N) is 2. The SMILES string of the molecule is CCNC(C)(C)C(=O)NC1CC1CC. The third-order valence-corrected chi connectivity index (χ3v) is 2.95. The lowest BCUT2D eigenvalue weighted by Crippen LogP contribution is -2.53. The largest absolute Gasteiger partial charge is 0.351 e. The van der Waals surface area contributed by atoms with Gasteiger partial charge in [0.05, 0.1) is 5.54 Å². The van der Waals surface area contributed by atoms with Crippen LogP contribution in [0.4, 0.5) is 0 Å². The van der Waals surface area contributed by atoms with E-state index in [2.05, 4.69) is 17.6 Å². The monoisotopic (exact) mass is 198 g/mol. The van der Waals surface area contributed by atoms with Gasteiger partial charge in [0.25, 0.3) is 0 Å². The van der Waals surface area contributed by atoms with E-state index in [9.17, 15) is 4.79 Å². The molecule has 0 spiro atoms. The Hall–Kier alpha value is -0.570. The average Bonchev–Trinajstić information content (AvgIpc) is 2.83. The summed E-state index contributed by atoms with van der Waals surface area (Å²) in [5, 5.41) is 6.25. The Balaban J connectivity index is 2.34. The van der Waals surface area contributed by atoms with Crippen molar-refractivity contribution in [2.45, 2.75) is 52.1 Å². The van der Waals surface area contributed by atoms with Crippen LogP contribution in [-0.4, -0.2) is 24.0 Å². The molecule has 2 N–H and O–H groups in total. The molecular weight excluding hydrogens is 176 g/mol. The maximum absolute atomic E-state index is 11.8. The molecule has 2 atom stereocenters. The summed E-state index contributed by atoms with van der Waals surface area (Å²) in [5.74, 6) is 0.844. The highest BCUT2D eigenvalue weighted by molar-refractivity contribution is 5.85. The summed E-state index contributed by atoms with van der Waals surface area (Å²) in [6.45, 7) is 8.86. The molecule has 3 heteroatoms. The number of hydrogen-bond acceptors (Lipinski definition) is 2. The van der Waals surface area contributed by atoms with Crippen LogP contribution in [0, 0.1) is 5.92 Å². The number of amides is 1. The zero-order valence-electron chi connectivity index (χ0n) is 9.68. The summed E-state index contributed by atoms with van der Waals surface area (Å²) in [6, 6.07) is 0.436. The number of carbonyl (C=O) groups excluding carboxylic acids is 1. The molecule has 1 rings (SSSR count). The fourth-order valence-corrected chi connectivity index (χ4v) is 1.75. The zero-order chi connectivity index (χ0) is 10.8. The van der Waals surface area contributed by atoms with E-state index in [1.807, 2.05) is 20.8 Å². The summed E-state index contributed by atoms with van der Waals surface area (Å²) < 4.78 is 0. The van der Waals surface area contributed by atoms with E-state index in [0.717, 1.165) is 18.9 Å². The molecule has 14 heavy (non-hydrogen) atoms. The van der Waals surface area contributed by atoms with Crippen molar-refractivity contribution in [2.24, 2.45) is 5.92 Å². The molecule has 0 heterocycles. The van der Waals surface area contributed by atoms with Crippen LogP contribution in [0.5, 0.6) is 0 Å². The number of carbonyl (C=O) groups is 1. The van der Waals surface area contributed by atoms with Gasteiger partial charge in [0.15, 0.2) is 0 Å². The van der Waals surface area contributed by atoms with Crippen molar-refractivity contribution >= 4 is 5.91 Å². The molecule has 0 radical (unpaired) electrons. The van der Waals surface area contributed by atoms with Gasteiger partial charge in [-0.25, -0.2) is 0 Å². The average molecular weight is 198 g/mol. The smallest absolute Gasteiger partial charge is 0.239 e. The second kappa shape index (κ2) is 4.30. The lowest BCUT2D eigenvalue weighted by molar-refractivity contribution is -0.126. The fraction of sp³-hybridized carbons (Fsp3) is 0.909. The molecule has 82 valence electrons. The Kier molecular flexibility index (Phi) is 3.53. The first-order valence-corrected chi connectivity index (χ1v) is 5.57. The predicted octanol–water partition coefficient (Wildman–Crippen LogP) is 1.29. The van der Waals surface area contributed by atoms with Crippen LogP contribution in [0.1, 0.15) is 40.5 Å². The van der Waals surface area contributed by atoms with Crippen molar-refractivity contribution < 1.29 is 4.79 Å². The summed E-state index contributed by atoms with van der Waals surface area (Å²) in [4.78, 5) is 11.8. The highest BCUT2D eigenvalue weighted by atomic mass is 16.2. The van der Waals surface area contributed by atoms with E-state index in [0.29, 0.717) is 6.04 Å². The third-order valence-electron chi connectivity index (χ3n) is 2.95. The van der Waals surface area contributed by atoms with Crippen molar-refractivity contribution in [2.75, 3.05) is 6.54 Å². The minimum absolute atomic E-state index is 0.125. The Labute approximate surface area is 86.6 Å². The van der Waals surface area contributed by atoms with Crippen LogP contribution in [0.15, 0.2) is 0 Å². The molecule has 1 aliphatic carbocycles. The summed E-state index contributed by atoms with van der Waals surface area (Å²) >= 11 is 0. The molecule has 1 fully saturated rings. The molecule has 0 aromatic rings. The Morgan fingerprint density at radius 2 is 2.07 bits per heavy atom. The van der Waals surface area contributed by atoms with Gasteiger partial charge in [-0.2, -0.15) is 0 Å². The zero-order valence-corrected chi connectivity index (χ0v) is 9.68. The maximum Gasteiger partial charge on any atom is 0.239 e. The number of hydrogen-bond donors (Lipinski definition) is 2. The van der Waals surface area contributed by atoms with Crippen LogP contribution in [0.2, 0.25) is 0 Å². The van der Waals surface area contributed by atoms with Crippen LogP contribution in [0.3, 0.4) is 0 Å². The molecule has 0 aromatic heterocycles. The molecule has 1 aliphatic rings. The van der Waals surface area contributed by atoms with Crippen molar-refractivity contribution in [3.8, 4) is 0 Å². The summed E-state index contributed by atoms with van der Waals surface area (Å²) in [7, 11) is 0. The molecule has 0 aromatic carbocycles. The van der Waals surface area contributed by atoms with Gasteiger partial charge in [-0.15, -0.1) is 0 Å². The first-order chi connectivity index (χ1) is 6.51. The van der Waals surface area contributed by atoms with Gasteiger partial charge >= 0.3 is 0 Å². The van der Waals surface area contributed by atoms with Gasteiger partial charge in [-0.05, 0) is 32.7 Å². The van der Waals surface area contributed by atoms with Crippen LogP contribution < -0.4 is 10.6 Å². The van der Waals surface area contributed by atoms with Gasteiger partial charge in [0.2, 0.25) is 5.91 Å². The quantitative estimate of drug-likeness (QED) is 0.699. The summed E-state index contributed by atoms with van der Waals surface area (Å²) in [6.07, 6.45) is 2.33. The molecule has 1 amide bonds. The van der Waals surface area contributed by atoms with Gasteiger partial charge in [0.1, 0.15) is 0 Å². The minimum Gasteiger partial charge on any atom is -0.351 e. The van der Waals surface area contributed by atoms with Crippen molar-refractivity contribution in [3.63, 3.8) is 0 Å². The van der Waals surface area contributed by atoms with Gasteiger partial charge in [-0.1, -0.05) is 20.3 Å². The molecule has 0 saturated heterocycles. The number of rotatable bonds is 5. The first-order valence-electron chi connectivity index (χ1n) is 5.57. The van der Waals surface area contributed by atoms with Gasteiger partial charge < -0.3 is 10.6 Å².